The molecule has 0 amide bonds. The summed E-state index contributed by atoms with van der Waals surface area (Å²) in [5.74, 6) is 1.72. The highest BCUT2D eigenvalue weighted by atomic mass is 32.2. The molecule has 3 nitrogen and oxygen atoms in total. The Bertz CT molecular complexity index is 143. The predicted octanol–water partition coefficient (Wildman–Crippen LogP) is -0.602. The fourth-order valence-corrected chi connectivity index (χ4v) is 2.43. The van der Waals surface area contributed by atoms with Crippen molar-refractivity contribution in [3.63, 3.8) is 0 Å². The summed E-state index contributed by atoms with van der Waals surface area (Å²) in [5.41, 5.74) is 5.38. The van der Waals surface area contributed by atoms with Crippen LogP contribution in [-0.2, 0) is 10.8 Å². The van der Waals surface area contributed by atoms with Crippen molar-refractivity contribution in [1.29, 1.82) is 0 Å². The third-order valence-corrected chi connectivity index (χ3v) is 3.61. The van der Waals surface area contributed by atoms with Crippen LogP contribution < -0.4 is 5.73 Å². The van der Waals surface area contributed by atoms with Gasteiger partial charge >= 0.3 is 0 Å². The molecular formula is C7H16N2OS. The molecule has 1 fully saturated rings. The fraction of sp³-hybridized carbons (Fsp3) is 1.00. The highest BCUT2D eigenvalue weighted by Crippen LogP contribution is 2.11. The van der Waals surface area contributed by atoms with Crippen molar-refractivity contribution >= 4 is 10.8 Å². The van der Waals surface area contributed by atoms with Crippen molar-refractivity contribution in [3.05, 3.63) is 0 Å². The molecule has 0 atom stereocenters. The van der Waals surface area contributed by atoms with Gasteiger partial charge in [0.2, 0.25) is 0 Å². The van der Waals surface area contributed by atoms with Gasteiger partial charge in [0.1, 0.15) is 0 Å². The van der Waals surface area contributed by atoms with Crippen molar-refractivity contribution in [2.75, 3.05) is 31.6 Å². The molecule has 0 aliphatic carbocycles. The largest absolute Gasteiger partial charge is 0.330 e. The third kappa shape index (κ3) is 2.54. The summed E-state index contributed by atoms with van der Waals surface area (Å²) < 4.78 is 10.7. The zero-order chi connectivity index (χ0) is 8.27. The molecule has 0 unspecified atom stereocenters. The van der Waals surface area contributed by atoms with Crippen molar-refractivity contribution in [2.45, 2.75) is 12.5 Å². The van der Waals surface area contributed by atoms with E-state index in [1.54, 1.807) is 0 Å². The zero-order valence-electron chi connectivity index (χ0n) is 6.95. The number of hydrogen-bond acceptors (Lipinski definition) is 3. The summed E-state index contributed by atoms with van der Waals surface area (Å²) in [6.45, 7) is 1.79. The van der Waals surface area contributed by atoms with E-state index in [2.05, 4.69) is 11.9 Å². The summed E-state index contributed by atoms with van der Waals surface area (Å²) in [7, 11) is 1.56. The summed E-state index contributed by atoms with van der Waals surface area (Å²) >= 11 is 0. The van der Waals surface area contributed by atoms with Crippen LogP contribution in [0, 0.1) is 0 Å². The molecule has 0 saturated carbocycles. The maximum Gasteiger partial charge on any atom is 0.0400 e. The summed E-state index contributed by atoms with van der Waals surface area (Å²) in [5, 5.41) is 0. The van der Waals surface area contributed by atoms with E-state index in [0.29, 0.717) is 6.04 Å². The predicted molar refractivity (Wildman–Crippen MR) is 48.0 cm³/mol. The van der Waals surface area contributed by atoms with Gasteiger partial charge in [-0.3, -0.25) is 4.21 Å². The second kappa shape index (κ2) is 4.18. The highest BCUT2D eigenvalue weighted by Gasteiger charge is 2.28. The monoisotopic (exact) mass is 176 g/mol. The van der Waals surface area contributed by atoms with Gasteiger partial charge in [-0.05, 0) is 26.6 Å². The SMILES string of the molecule is CN(CCCN)C1CS(=O)C1. The first kappa shape index (κ1) is 9.16. The highest BCUT2D eigenvalue weighted by molar-refractivity contribution is 7.86. The minimum Gasteiger partial charge on any atom is -0.330 e. The van der Waals surface area contributed by atoms with Gasteiger partial charge in [0.25, 0.3) is 0 Å². The Hall–Kier alpha value is 0.0700. The van der Waals surface area contributed by atoms with E-state index in [4.69, 9.17) is 5.73 Å². The average molecular weight is 176 g/mol. The average Bonchev–Trinajstić information content (AvgIpc) is 1.94. The molecule has 0 aromatic rings. The number of hydrogen-bond donors (Lipinski definition) is 1. The first-order chi connectivity index (χ1) is 5.24. The van der Waals surface area contributed by atoms with Gasteiger partial charge in [-0.2, -0.15) is 0 Å². The van der Waals surface area contributed by atoms with Gasteiger partial charge in [-0.15, -0.1) is 0 Å². The molecule has 1 heterocycles. The molecule has 11 heavy (non-hydrogen) atoms. The Balaban J connectivity index is 2.10. The number of nitrogens with two attached hydrogens (primary N) is 1. The normalized spacial score (nSPS) is 30.5. The fourth-order valence-electron chi connectivity index (χ4n) is 1.16. The van der Waals surface area contributed by atoms with E-state index in [1.807, 2.05) is 0 Å². The minimum absolute atomic E-state index is 0.521. The molecule has 0 spiro atoms. The first-order valence-electron chi connectivity index (χ1n) is 3.99. The van der Waals surface area contributed by atoms with Gasteiger partial charge < -0.3 is 10.6 Å². The van der Waals surface area contributed by atoms with Crippen LogP contribution in [0.3, 0.4) is 0 Å². The van der Waals surface area contributed by atoms with E-state index in [1.165, 1.54) is 0 Å². The van der Waals surface area contributed by atoms with E-state index < -0.39 is 10.8 Å². The van der Waals surface area contributed by atoms with Gasteiger partial charge in [-0.1, -0.05) is 0 Å². The van der Waals surface area contributed by atoms with Crippen molar-refractivity contribution < 1.29 is 4.21 Å². The van der Waals surface area contributed by atoms with E-state index in [-0.39, 0.29) is 0 Å². The maximum atomic E-state index is 10.7. The molecule has 4 heteroatoms. The standard InChI is InChI=1S/C7H16N2OS/c1-9(4-2-3-8)7-5-11(10)6-7/h7H,2-6,8H2,1H3. The van der Waals surface area contributed by atoms with Gasteiger partial charge in [0.05, 0.1) is 0 Å². The second-order valence-electron chi connectivity index (χ2n) is 3.05. The van der Waals surface area contributed by atoms with E-state index >= 15 is 0 Å². The lowest BCUT2D eigenvalue weighted by Gasteiger charge is -2.33. The van der Waals surface area contributed by atoms with Crippen LogP contribution in [0.4, 0.5) is 0 Å². The lowest BCUT2D eigenvalue weighted by molar-refractivity contribution is 0.266. The van der Waals surface area contributed by atoms with Gasteiger partial charge in [-0.25, -0.2) is 0 Å². The molecule has 2 N–H and O–H groups in total. The zero-order valence-corrected chi connectivity index (χ0v) is 7.77. The molecule has 1 aliphatic heterocycles. The van der Waals surface area contributed by atoms with E-state index in [9.17, 15) is 4.21 Å². The molecule has 0 aromatic carbocycles. The molecule has 1 rings (SSSR count). The Morgan fingerprint density at radius 2 is 2.27 bits per heavy atom. The lowest BCUT2D eigenvalue weighted by atomic mass is 10.3. The van der Waals surface area contributed by atoms with Crippen LogP contribution in [0.15, 0.2) is 0 Å². The first-order valence-corrected chi connectivity index (χ1v) is 5.48. The topological polar surface area (TPSA) is 46.3 Å². The molecular weight excluding hydrogens is 160 g/mol. The third-order valence-electron chi connectivity index (χ3n) is 2.09. The van der Waals surface area contributed by atoms with Crippen LogP contribution in [0.5, 0.6) is 0 Å². The van der Waals surface area contributed by atoms with Crippen molar-refractivity contribution in [3.8, 4) is 0 Å². The van der Waals surface area contributed by atoms with Crippen LogP contribution >= 0.6 is 0 Å². The van der Waals surface area contributed by atoms with Crippen molar-refractivity contribution in [2.24, 2.45) is 5.73 Å². The quantitative estimate of drug-likeness (QED) is 0.622. The smallest absolute Gasteiger partial charge is 0.0400 e. The Kier molecular flexibility index (Phi) is 3.48. The van der Waals surface area contributed by atoms with E-state index in [0.717, 1.165) is 31.0 Å². The van der Waals surface area contributed by atoms with Crippen LogP contribution in [0.1, 0.15) is 6.42 Å². The second-order valence-corrected chi connectivity index (χ2v) is 4.60. The molecule has 1 saturated heterocycles. The van der Waals surface area contributed by atoms with Crippen LogP contribution in [0.25, 0.3) is 0 Å². The van der Waals surface area contributed by atoms with Crippen LogP contribution in [0.2, 0.25) is 0 Å². The molecule has 0 aromatic heterocycles. The maximum absolute atomic E-state index is 10.7. The molecule has 66 valence electrons. The Morgan fingerprint density at radius 3 is 2.73 bits per heavy atom. The minimum atomic E-state index is -0.521. The Labute approximate surface area is 70.4 Å². The Morgan fingerprint density at radius 1 is 1.64 bits per heavy atom. The number of rotatable bonds is 4. The summed E-state index contributed by atoms with van der Waals surface area (Å²) in [6.07, 6.45) is 1.04. The molecule has 0 radical (unpaired) electrons. The van der Waals surface area contributed by atoms with Gasteiger partial charge in [0.15, 0.2) is 0 Å². The summed E-state index contributed by atoms with van der Waals surface area (Å²) in [6, 6.07) is 0.558. The molecule has 0 bridgehead atoms. The lowest BCUT2D eigenvalue weighted by Crippen LogP contribution is -2.49. The number of nitrogens with zero attached hydrogens (tertiary/aromatic N) is 1. The van der Waals surface area contributed by atoms with Crippen molar-refractivity contribution in [1.82, 2.24) is 4.90 Å². The van der Waals surface area contributed by atoms with Gasteiger partial charge in [0, 0.05) is 28.3 Å². The molecule has 1 aliphatic rings. The van der Waals surface area contributed by atoms with Crippen LogP contribution in [-0.4, -0.2) is 46.8 Å². The summed E-state index contributed by atoms with van der Waals surface area (Å²) in [4.78, 5) is 2.26.